The lowest BCUT2D eigenvalue weighted by Gasteiger charge is -2.47. The normalized spacial score (nSPS) is 34.5. The van der Waals surface area contributed by atoms with Crippen LogP contribution in [0.5, 0.6) is 0 Å². The number of hydrogen-bond donors (Lipinski definition) is 1. The molecule has 0 aliphatic carbocycles. The van der Waals surface area contributed by atoms with Crippen LogP contribution in [0, 0.1) is 5.41 Å². The van der Waals surface area contributed by atoms with E-state index in [-0.39, 0.29) is 0 Å². The van der Waals surface area contributed by atoms with Crippen molar-refractivity contribution >= 4 is 11.8 Å². The summed E-state index contributed by atoms with van der Waals surface area (Å²) in [5.41, 5.74) is 0.504. The number of hydrogen-bond acceptors (Lipinski definition) is 3. The topological polar surface area (TPSA) is 15.3 Å². The molecule has 0 aromatic carbocycles. The molecule has 2 fully saturated rings. The highest BCUT2D eigenvalue weighted by molar-refractivity contribution is 7.99. The highest BCUT2D eigenvalue weighted by atomic mass is 32.2. The monoisotopic (exact) mass is 242 g/mol. The molecule has 0 radical (unpaired) electrons. The lowest BCUT2D eigenvalue weighted by molar-refractivity contribution is 0.0695. The maximum absolute atomic E-state index is 3.51. The van der Waals surface area contributed by atoms with Crippen molar-refractivity contribution in [3.05, 3.63) is 0 Å². The van der Waals surface area contributed by atoms with Gasteiger partial charge in [-0.05, 0) is 37.1 Å². The summed E-state index contributed by atoms with van der Waals surface area (Å²) in [6, 6.07) is 1.56. The third-order valence-electron chi connectivity index (χ3n) is 4.34. The molecule has 3 heteroatoms. The molecule has 0 saturated carbocycles. The average Bonchev–Trinajstić information content (AvgIpc) is 2.75. The van der Waals surface area contributed by atoms with E-state index in [1.165, 1.54) is 44.0 Å². The van der Waals surface area contributed by atoms with Gasteiger partial charge in [-0.1, -0.05) is 20.8 Å². The van der Waals surface area contributed by atoms with Gasteiger partial charge in [0.25, 0.3) is 0 Å². The van der Waals surface area contributed by atoms with E-state index in [2.05, 4.69) is 42.7 Å². The van der Waals surface area contributed by atoms with Gasteiger partial charge < -0.3 is 5.32 Å². The second kappa shape index (κ2) is 5.28. The van der Waals surface area contributed by atoms with Crippen molar-refractivity contribution < 1.29 is 0 Å². The minimum Gasteiger partial charge on any atom is -0.315 e. The summed E-state index contributed by atoms with van der Waals surface area (Å²) in [7, 11) is 0. The first-order valence-electron chi connectivity index (χ1n) is 6.69. The van der Waals surface area contributed by atoms with Crippen LogP contribution in [0.3, 0.4) is 0 Å². The molecule has 2 rings (SSSR count). The van der Waals surface area contributed by atoms with Gasteiger partial charge in [0.15, 0.2) is 0 Å². The minimum atomic E-state index is 0.504. The largest absolute Gasteiger partial charge is 0.315 e. The zero-order valence-corrected chi connectivity index (χ0v) is 11.8. The Morgan fingerprint density at radius 3 is 2.81 bits per heavy atom. The lowest BCUT2D eigenvalue weighted by Crippen LogP contribution is -2.53. The maximum atomic E-state index is 3.51. The van der Waals surface area contributed by atoms with E-state index in [0.29, 0.717) is 5.41 Å². The van der Waals surface area contributed by atoms with Crippen LogP contribution in [0.1, 0.15) is 33.6 Å². The molecule has 0 amide bonds. The molecule has 1 N–H and O–H groups in total. The van der Waals surface area contributed by atoms with Crippen LogP contribution in [0.4, 0.5) is 0 Å². The standard InChI is InChI=1S/C13H26N2S/c1-4-15(11-5-7-14-9-11)12-10-16-8-6-13(12,2)3/h11-12,14H,4-10H2,1-3H3. The SMILES string of the molecule is CCN(C1CCNC1)C1CSCCC1(C)C. The van der Waals surface area contributed by atoms with Crippen molar-refractivity contribution in [2.45, 2.75) is 45.7 Å². The Morgan fingerprint density at radius 2 is 2.25 bits per heavy atom. The zero-order valence-electron chi connectivity index (χ0n) is 11.0. The van der Waals surface area contributed by atoms with E-state index in [4.69, 9.17) is 0 Å². The quantitative estimate of drug-likeness (QED) is 0.817. The molecule has 2 nitrogen and oxygen atoms in total. The lowest BCUT2D eigenvalue weighted by atomic mass is 9.80. The summed E-state index contributed by atoms with van der Waals surface area (Å²) in [5, 5.41) is 3.51. The van der Waals surface area contributed by atoms with Gasteiger partial charge in [0.05, 0.1) is 0 Å². The van der Waals surface area contributed by atoms with E-state index < -0.39 is 0 Å². The van der Waals surface area contributed by atoms with Crippen LogP contribution in [0.25, 0.3) is 0 Å². The molecule has 2 atom stereocenters. The predicted molar refractivity (Wildman–Crippen MR) is 73.2 cm³/mol. The molecular formula is C13H26N2S. The van der Waals surface area contributed by atoms with Gasteiger partial charge in [-0.3, -0.25) is 4.90 Å². The van der Waals surface area contributed by atoms with Crippen molar-refractivity contribution in [1.82, 2.24) is 10.2 Å². The Bertz CT molecular complexity index is 224. The van der Waals surface area contributed by atoms with E-state index >= 15 is 0 Å². The molecule has 2 heterocycles. The first kappa shape index (κ1) is 12.7. The van der Waals surface area contributed by atoms with Crippen molar-refractivity contribution in [2.75, 3.05) is 31.1 Å². The van der Waals surface area contributed by atoms with Gasteiger partial charge in [0, 0.05) is 24.4 Å². The fraction of sp³-hybridized carbons (Fsp3) is 1.00. The van der Waals surface area contributed by atoms with Crippen LogP contribution in [-0.4, -0.2) is 48.1 Å². The second-order valence-corrected chi connectivity index (χ2v) is 6.96. The van der Waals surface area contributed by atoms with E-state index in [9.17, 15) is 0 Å². The average molecular weight is 242 g/mol. The Labute approximate surface area is 105 Å². The predicted octanol–water partition coefficient (Wildman–Crippen LogP) is 2.20. The molecule has 0 bridgehead atoms. The highest BCUT2D eigenvalue weighted by Crippen LogP contribution is 2.38. The third-order valence-corrected chi connectivity index (χ3v) is 5.38. The van der Waals surface area contributed by atoms with E-state index in [1.54, 1.807) is 0 Å². The molecule has 2 unspecified atom stereocenters. The van der Waals surface area contributed by atoms with Gasteiger partial charge >= 0.3 is 0 Å². The Hall–Kier alpha value is 0.270. The molecule has 2 saturated heterocycles. The zero-order chi connectivity index (χ0) is 11.6. The maximum Gasteiger partial charge on any atom is 0.0241 e. The van der Waals surface area contributed by atoms with Crippen molar-refractivity contribution in [1.29, 1.82) is 0 Å². The summed E-state index contributed by atoms with van der Waals surface area (Å²) >= 11 is 2.15. The fourth-order valence-electron chi connectivity index (χ4n) is 3.12. The number of likely N-dealkylation sites (N-methyl/N-ethyl adjacent to an activating group) is 1. The third kappa shape index (κ3) is 2.57. The molecule has 0 aromatic heterocycles. The molecule has 16 heavy (non-hydrogen) atoms. The van der Waals surface area contributed by atoms with Crippen molar-refractivity contribution in [2.24, 2.45) is 5.41 Å². The number of thioether (sulfide) groups is 1. The molecule has 0 spiro atoms. The Balaban J connectivity index is 2.06. The van der Waals surface area contributed by atoms with Gasteiger partial charge in [-0.15, -0.1) is 0 Å². The smallest absolute Gasteiger partial charge is 0.0241 e. The molecular weight excluding hydrogens is 216 g/mol. The summed E-state index contributed by atoms with van der Waals surface area (Å²) in [4.78, 5) is 2.77. The summed E-state index contributed by atoms with van der Waals surface area (Å²) < 4.78 is 0. The minimum absolute atomic E-state index is 0.504. The van der Waals surface area contributed by atoms with Crippen LogP contribution in [0.2, 0.25) is 0 Å². The highest BCUT2D eigenvalue weighted by Gasteiger charge is 2.39. The number of nitrogens with one attached hydrogen (secondary N) is 1. The van der Waals surface area contributed by atoms with Crippen LogP contribution in [-0.2, 0) is 0 Å². The first-order chi connectivity index (χ1) is 7.65. The Kier molecular flexibility index (Phi) is 4.20. The first-order valence-corrected chi connectivity index (χ1v) is 7.85. The fourth-order valence-corrected chi connectivity index (χ4v) is 4.83. The molecule has 2 aliphatic rings. The molecule has 94 valence electrons. The van der Waals surface area contributed by atoms with Crippen molar-refractivity contribution in [3.63, 3.8) is 0 Å². The number of rotatable bonds is 3. The van der Waals surface area contributed by atoms with Crippen LogP contribution in [0.15, 0.2) is 0 Å². The van der Waals surface area contributed by atoms with Crippen molar-refractivity contribution in [3.8, 4) is 0 Å². The summed E-state index contributed by atoms with van der Waals surface area (Å²) in [6.07, 6.45) is 2.71. The second-order valence-electron chi connectivity index (χ2n) is 5.81. The molecule has 0 aromatic rings. The summed E-state index contributed by atoms with van der Waals surface area (Å²) in [6.45, 7) is 10.9. The van der Waals surface area contributed by atoms with E-state index in [0.717, 1.165) is 12.1 Å². The van der Waals surface area contributed by atoms with Gasteiger partial charge in [0.2, 0.25) is 0 Å². The van der Waals surface area contributed by atoms with Crippen LogP contribution >= 0.6 is 11.8 Å². The summed E-state index contributed by atoms with van der Waals surface area (Å²) in [5.74, 6) is 2.68. The van der Waals surface area contributed by atoms with E-state index in [1.807, 2.05) is 0 Å². The Morgan fingerprint density at radius 1 is 1.44 bits per heavy atom. The van der Waals surface area contributed by atoms with Gasteiger partial charge in [-0.2, -0.15) is 11.8 Å². The van der Waals surface area contributed by atoms with Crippen LogP contribution < -0.4 is 5.32 Å². The molecule has 2 aliphatic heterocycles. The van der Waals surface area contributed by atoms with Gasteiger partial charge in [-0.25, -0.2) is 0 Å². The van der Waals surface area contributed by atoms with Gasteiger partial charge in [0.1, 0.15) is 0 Å². The number of nitrogens with zero attached hydrogens (tertiary/aromatic N) is 1.